The number of likely N-dealkylation sites (tertiary alicyclic amines) is 1. The molecular weight excluding hydrogens is 202 g/mol. The summed E-state index contributed by atoms with van der Waals surface area (Å²) in [6.45, 7) is 2.69. The lowest BCUT2D eigenvalue weighted by Crippen LogP contribution is -2.49. The summed E-state index contributed by atoms with van der Waals surface area (Å²) in [4.78, 5) is 13.7. The molecule has 0 radical (unpaired) electrons. The van der Waals surface area contributed by atoms with Gasteiger partial charge in [-0.2, -0.15) is 0 Å². The highest BCUT2D eigenvalue weighted by molar-refractivity contribution is 5.77. The Morgan fingerprint density at radius 3 is 2.81 bits per heavy atom. The second-order valence-corrected chi connectivity index (χ2v) is 4.98. The number of carbonyl (C=O) groups excluding carboxylic acids is 1. The van der Waals surface area contributed by atoms with Gasteiger partial charge >= 0.3 is 0 Å². The quantitative estimate of drug-likeness (QED) is 0.709. The van der Waals surface area contributed by atoms with Crippen molar-refractivity contribution in [3.05, 3.63) is 0 Å². The van der Waals surface area contributed by atoms with Gasteiger partial charge in [-0.25, -0.2) is 0 Å². The van der Waals surface area contributed by atoms with Gasteiger partial charge in [-0.3, -0.25) is 9.69 Å². The Labute approximate surface area is 97.8 Å². The van der Waals surface area contributed by atoms with Crippen LogP contribution >= 0.6 is 0 Å². The molecule has 2 aliphatic rings. The molecule has 1 aliphatic carbocycles. The Morgan fingerprint density at radius 1 is 1.31 bits per heavy atom. The molecular formula is C12H23N3O. The number of nitrogens with zero attached hydrogens (tertiary/aromatic N) is 1. The van der Waals surface area contributed by atoms with E-state index < -0.39 is 0 Å². The molecule has 2 rings (SSSR count). The number of nitrogens with one attached hydrogen (secondary N) is 2. The molecule has 1 saturated heterocycles. The van der Waals surface area contributed by atoms with Crippen molar-refractivity contribution in [1.29, 1.82) is 0 Å². The molecule has 4 heteroatoms. The van der Waals surface area contributed by atoms with Crippen molar-refractivity contribution in [1.82, 2.24) is 15.5 Å². The summed E-state index contributed by atoms with van der Waals surface area (Å²) in [6.07, 6.45) is 6.44. The number of likely N-dealkylation sites (N-methyl/N-ethyl adjacent to an activating group) is 1. The average molecular weight is 225 g/mol. The maximum absolute atomic E-state index is 11.4. The van der Waals surface area contributed by atoms with Gasteiger partial charge in [0.05, 0.1) is 6.54 Å². The fourth-order valence-electron chi connectivity index (χ4n) is 2.35. The monoisotopic (exact) mass is 225 g/mol. The van der Waals surface area contributed by atoms with E-state index in [4.69, 9.17) is 0 Å². The fraction of sp³-hybridized carbons (Fsp3) is 0.917. The minimum atomic E-state index is 0.137. The van der Waals surface area contributed by atoms with E-state index in [0.717, 1.165) is 19.1 Å². The van der Waals surface area contributed by atoms with Crippen LogP contribution in [0.1, 0.15) is 32.1 Å². The van der Waals surface area contributed by atoms with Crippen LogP contribution in [0.3, 0.4) is 0 Å². The molecule has 0 aromatic carbocycles. The van der Waals surface area contributed by atoms with E-state index in [1.54, 1.807) is 7.05 Å². The highest BCUT2D eigenvalue weighted by Crippen LogP contribution is 2.21. The average Bonchev–Trinajstić information content (AvgIpc) is 3.11. The maximum Gasteiger partial charge on any atom is 0.233 e. The molecule has 16 heavy (non-hydrogen) atoms. The van der Waals surface area contributed by atoms with Crippen LogP contribution in [0.25, 0.3) is 0 Å². The van der Waals surface area contributed by atoms with Crippen molar-refractivity contribution < 1.29 is 4.79 Å². The van der Waals surface area contributed by atoms with E-state index in [9.17, 15) is 4.79 Å². The lowest BCUT2D eigenvalue weighted by Gasteiger charge is -2.35. The van der Waals surface area contributed by atoms with Crippen molar-refractivity contribution in [2.24, 2.45) is 0 Å². The lowest BCUT2D eigenvalue weighted by molar-refractivity contribution is -0.122. The number of hydrogen-bond donors (Lipinski definition) is 2. The molecule has 92 valence electrons. The highest BCUT2D eigenvalue weighted by atomic mass is 16.1. The summed E-state index contributed by atoms with van der Waals surface area (Å²) in [7, 11) is 1.71. The summed E-state index contributed by atoms with van der Waals surface area (Å²) in [5.41, 5.74) is 0. The molecule has 1 aliphatic heterocycles. The number of hydrogen-bond acceptors (Lipinski definition) is 3. The van der Waals surface area contributed by atoms with Gasteiger partial charge in [-0.15, -0.1) is 0 Å². The summed E-state index contributed by atoms with van der Waals surface area (Å²) >= 11 is 0. The van der Waals surface area contributed by atoms with Crippen LogP contribution in [0.15, 0.2) is 0 Å². The first-order valence-electron chi connectivity index (χ1n) is 6.47. The van der Waals surface area contributed by atoms with Gasteiger partial charge in [-0.1, -0.05) is 6.42 Å². The van der Waals surface area contributed by atoms with Crippen molar-refractivity contribution in [2.75, 3.05) is 26.7 Å². The summed E-state index contributed by atoms with van der Waals surface area (Å²) in [5, 5.41) is 6.28. The lowest BCUT2D eigenvalue weighted by atomic mass is 10.0. The Kier molecular flexibility index (Phi) is 4.18. The molecule has 1 atom stereocenters. The zero-order valence-corrected chi connectivity index (χ0v) is 10.2. The Morgan fingerprint density at radius 2 is 2.12 bits per heavy atom. The van der Waals surface area contributed by atoms with Crippen LogP contribution in [0, 0.1) is 0 Å². The largest absolute Gasteiger partial charge is 0.358 e. The predicted molar refractivity (Wildman–Crippen MR) is 64.3 cm³/mol. The zero-order chi connectivity index (χ0) is 11.4. The van der Waals surface area contributed by atoms with Gasteiger partial charge in [-0.05, 0) is 32.2 Å². The van der Waals surface area contributed by atoms with Gasteiger partial charge in [0.25, 0.3) is 0 Å². The van der Waals surface area contributed by atoms with Crippen LogP contribution < -0.4 is 10.6 Å². The van der Waals surface area contributed by atoms with Crippen LogP contribution in [-0.2, 0) is 4.79 Å². The fourth-order valence-corrected chi connectivity index (χ4v) is 2.35. The molecule has 0 spiro atoms. The summed E-state index contributed by atoms with van der Waals surface area (Å²) in [5.74, 6) is 0.137. The van der Waals surface area contributed by atoms with E-state index in [1.807, 2.05) is 0 Å². The summed E-state index contributed by atoms with van der Waals surface area (Å²) in [6, 6.07) is 1.33. The van der Waals surface area contributed by atoms with E-state index in [0.29, 0.717) is 12.6 Å². The second kappa shape index (κ2) is 5.64. The molecule has 1 heterocycles. The molecule has 4 nitrogen and oxygen atoms in total. The minimum Gasteiger partial charge on any atom is -0.358 e. The van der Waals surface area contributed by atoms with Gasteiger partial charge in [0.15, 0.2) is 0 Å². The van der Waals surface area contributed by atoms with Crippen molar-refractivity contribution >= 4 is 5.91 Å². The van der Waals surface area contributed by atoms with Crippen molar-refractivity contribution in [3.8, 4) is 0 Å². The first-order chi connectivity index (χ1) is 7.79. The molecule has 1 unspecified atom stereocenters. The molecule has 0 aromatic heterocycles. The molecule has 1 amide bonds. The van der Waals surface area contributed by atoms with Gasteiger partial charge < -0.3 is 10.6 Å². The van der Waals surface area contributed by atoms with E-state index in [-0.39, 0.29) is 5.91 Å². The van der Waals surface area contributed by atoms with E-state index in [2.05, 4.69) is 15.5 Å². The molecule has 1 saturated carbocycles. The van der Waals surface area contributed by atoms with Gasteiger partial charge in [0, 0.05) is 25.7 Å². The third kappa shape index (κ3) is 3.46. The Hall–Kier alpha value is -0.610. The maximum atomic E-state index is 11.4. The first kappa shape index (κ1) is 11.9. The molecule has 2 fully saturated rings. The zero-order valence-electron chi connectivity index (χ0n) is 10.2. The summed E-state index contributed by atoms with van der Waals surface area (Å²) < 4.78 is 0. The van der Waals surface area contributed by atoms with Gasteiger partial charge in [0.2, 0.25) is 5.91 Å². The third-order valence-electron chi connectivity index (χ3n) is 3.59. The van der Waals surface area contributed by atoms with Crippen molar-refractivity contribution in [2.45, 2.75) is 44.2 Å². The standard InChI is InChI=1S/C12H23N3O/c1-13-12(16)9-15-7-3-2-4-11(15)8-14-10-5-6-10/h10-11,14H,2-9H2,1H3,(H,13,16). The normalized spacial score (nSPS) is 26.7. The number of rotatable bonds is 5. The Bertz CT molecular complexity index is 240. The number of amides is 1. The van der Waals surface area contributed by atoms with Crippen molar-refractivity contribution in [3.63, 3.8) is 0 Å². The molecule has 2 N–H and O–H groups in total. The number of carbonyl (C=O) groups is 1. The van der Waals surface area contributed by atoms with E-state index in [1.165, 1.54) is 32.1 Å². The molecule has 0 bridgehead atoms. The topological polar surface area (TPSA) is 44.4 Å². The SMILES string of the molecule is CNC(=O)CN1CCCCC1CNC1CC1. The van der Waals surface area contributed by atoms with Crippen LogP contribution in [0.4, 0.5) is 0 Å². The predicted octanol–water partition coefficient (Wildman–Crippen LogP) is 0.339. The third-order valence-corrected chi connectivity index (χ3v) is 3.59. The van der Waals surface area contributed by atoms with E-state index >= 15 is 0 Å². The second-order valence-electron chi connectivity index (χ2n) is 4.98. The smallest absolute Gasteiger partial charge is 0.233 e. The van der Waals surface area contributed by atoms with Crippen LogP contribution in [0.2, 0.25) is 0 Å². The molecule has 0 aromatic rings. The minimum absolute atomic E-state index is 0.137. The van der Waals surface area contributed by atoms with Crippen LogP contribution in [0.5, 0.6) is 0 Å². The van der Waals surface area contributed by atoms with Crippen LogP contribution in [-0.4, -0.2) is 49.6 Å². The van der Waals surface area contributed by atoms with Gasteiger partial charge in [0.1, 0.15) is 0 Å². The highest BCUT2D eigenvalue weighted by Gasteiger charge is 2.27. The number of piperidine rings is 1. The Balaban J connectivity index is 1.77. The first-order valence-corrected chi connectivity index (χ1v) is 6.47.